The van der Waals surface area contributed by atoms with Crippen LogP contribution in [-0.4, -0.2) is 56.7 Å². The van der Waals surface area contributed by atoms with Gasteiger partial charge in [-0.05, 0) is 79.7 Å². The average Bonchev–Trinajstić information content (AvgIpc) is 2.89. The molecule has 0 radical (unpaired) electrons. The second-order valence-corrected chi connectivity index (χ2v) is 24.3. The van der Waals surface area contributed by atoms with Crippen LogP contribution in [0.15, 0.2) is 46.9 Å². The van der Waals surface area contributed by atoms with Gasteiger partial charge >= 0.3 is 0 Å². The van der Waals surface area contributed by atoms with Crippen molar-refractivity contribution in [2.75, 3.05) is 19.5 Å². The second-order valence-electron chi connectivity index (χ2n) is 12.7. The van der Waals surface area contributed by atoms with Crippen LogP contribution in [0.3, 0.4) is 0 Å². The normalized spacial score (nSPS) is 16.2. The number of methoxy groups -OCH3 is 1. The Morgan fingerprint density at radius 2 is 1.56 bits per heavy atom. The second kappa shape index (κ2) is 16.0. The first kappa shape index (κ1) is 36.2. The molecule has 226 valence electrons. The van der Waals surface area contributed by atoms with E-state index in [9.17, 15) is 8.42 Å². The zero-order valence-corrected chi connectivity index (χ0v) is 29.6. The highest BCUT2D eigenvalue weighted by Gasteiger charge is 2.39. The molecule has 8 heteroatoms. The van der Waals surface area contributed by atoms with Crippen LogP contribution in [0.5, 0.6) is 0 Å². The first-order valence-electron chi connectivity index (χ1n) is 14.8. The average molecular weight is 599 g/mol. The Kier molecular flexibility index (Phi) is 14.9. The third kappa shape index (κ3) is 11.6. The summed E-state index contributed by atoms with van der Waals surface area (Å²) in [5.74, 6) is 0.420. The fourth-order valence-electron chi connectivity index (χ4n) is 4.55. The van der Waals surface area contributed by atoms with Gasteiger partial charge in [0, 0.05) is 26.2 Å². The molecule has 1 aromatic carbocycles. The standard InChI is InChI=1S/C31H58O5SSi2/c1-12-39(13-2,14-3)35-25-26(4)20-21-28(36-38(10,11)31(6,7)8)24-30(34-9)27(5)22-23-37(32,33)29-18-16-15-17-19-29/h15-19,22,26,28,30H,12-14,20-21,23-25H2,1-11H3/b27-22+/t26-,28+,30+/m1/s1. The highest BCUT2D eigenvalue weighted by molar-refractivity contribution is 7.91. The highest BCUT2D eigenvalue weighted by atomic mass is 32.2. The van der Waals surface area contributed by atoms with Gasteiger partial charge in [0.1, 0.15) is 0 Å². The van der Waals surface area contributed by atoms with Crippen LogP contribution in [-0.2, 0) is 23.4 Å². The summed E-state index contributed by atoms with van der Waals surface area (Å²) < 4.78 is 45.1. The van der Waals surface area contributed by atoms with Crippen molar-refractivity contribution < 1.29 is 22.0 Å². The van der Waals surface area contributed by atoms with Crippen LogP contribution in [0, 0.1) is 5.92 Å². The van der Waals surface area contributed by atoms with E-state index in [-0.39, 0.29) is 23.0 Å². The van der Waals surface area contributed by atoms with E-state index in [1.165, 1.54) is 18.1 Å². The van der Waals surface area contributed by atoms with E-state index in [1.54, 1.807) is 37.5 Å². The van der Waals surface area contributed by atoms with Gasteiger partial charge in [0.05, 0.1) is 16.8 Å². The van der Waals surface area contributed by atoms with Gasteiger partial charge < -0.3 is 13.6 Å². The number of hydrogen-bond donors (Lipinski definition) is 0. The Morgan fingerprint density at radius 3 is 2.05 bits per heavy atom. The predicted molar refractivity (Wildman–Crippen MR) is 171 cm³/mol. The van der Waals surface area contributed by atoms with Gasteiger partial charge in [-0.1, -0.05) is 72.7 Å². The zero-order chi connectivity index (χ0) is 29.9. The third-order valence-corrected chi connectivity index (χ3v) is 19.6. The SMILES string of the molecule is CC[Si](CC)(CC)OC[C@H](C)CC[C@@H](C[C@H](OC)/C(C)=C/CS(=O)(=O)c1ccccc1)O[Si](C)(C)C(C)(C)C. The first-order valence-corrected chi connectivity index (χ1v) is 21.9. The molecular formula is C31H58O5SSi2. The highest BCUT2D eigenvalue weighted by Crippen LogP contribution is 2.39. The van der Waals surface area contributed by atoms with E-state index < -0.39 is 26.5 Å². The van der Waals surface area contributed by atoms with E-state index >= 15 is 0 Å². The number of hydrogen-bond acceptors (Lipinski definition) is 5. The molecule has 0 N–H and O–H groups in total. The molecule has 0 heterocycles. The quantitative estimate of drug-likeness (QED) is 0.125. The third-order valence-electron chi connectivity index (χ3n) is 8.85. The summed E-state index contributed by atoms with van der Waals surface area (Å²) in [5, 5.41) is 0.103. The molecule has 0 saturated carbocycles. The van der Waals surface area contributed by atoms with E-state index in [4.69, 9.17) is 13.6 Å². The molecule has 0 amide bonds. The molecule has 0 saturated heterocycles. The summed E-state index contributed by atoms with van der Waals surface area (Å²) >= 11 is 0. The van der Waals surface area contributed by atoms with Crippen molar-refractivity contribution in [2.24, 2.45) is 5.92 Å². The minimum Gasteiger partial charge on any atom is -0.417 e. The summed E-state index contributed by atoms with van der Waals surface area (Å²) in [7, 11) is -5.29. The van der Waals surface area contributed by atoms with Gasteiger partial charge in [-0.25, -0.2) is 8.42 Å². The molecule has 0 aliphatic rings. The Balaban J connectivity index is 3.01. The molecule has 0 aliphatic heterocycles. The summed E-state index contributed by atoms with van der Waals surface area (Å²) in [5.41, 5.74) is 0.932. The lowest BCUT2D eigenvalue weighted by atomic mass is 9.98. The fourth-order valence-corrected chi connectivity index (χ4v) is 9.95. The Hall–Kier alpha value is -0.776. The van der Waals surface area contributed by atoms with Crippen molar-refractivity contribution in [3.63, 3.8) is 0 Å². The molecule has 39 heavy (non-hydrogen) atoms. The first-order chi connectivity index (χ1) is 18.1. The fraction of sp³-hybridized carbons (Fsp3) is 0.742. The number of ether oxygens (including phenoxy) is 1. The maximum absolute atomic E-state index is 12.8. The lowest BCUT2D eigenvalue weighted by Gasteiger charge is -2.40. The van der Waals surface area contributed by atoms with E-state index in [0.717, 1.165) is 25.0 Å². The van der Waals surface area contributed by atoms with Crippen LogP contribution in [0.4, 0.5) is 0 Å². The molecule has 1 aromatic rings. The van der Waals surface area contributed by atoms with Crippen LogP contribution in [0.2, 0.25) is 36.3 Å². The van der Waals surface area contributed by atoms with Gasteiger partial charge in [-0.2, -0.15) is 0 Å². The molecular weight excluding hydrogens is 541 g/mol. The largest absolute Gasteiger partial charge is 0.417 e. The predicted octanol–water partition coefficient (Wildman–Crippen LogP) is 8.64. The van der Waals surface area contributed by atoms with Gasteiger partial charge in [-0.3, -0.25) is 0 Å². The van der Waals surface area contributed by atoms with Gasteiger partial charge in [0.15, 0.2) is 26.5 Å². The van der Waals surface area contributed by atoms with Crippen molar-refractivity contribution in [3.8, 4) is 0 Å². The lowest BCUT2D eigenvalue weighted by Crippen LogP contribution is -2.45. The number of rotatable bonds is 18. The number of benzene rings is 1. The zero-order valence-electron chi connectivity index (χ0n) is 26.8. The molecule has 0 fully saturated rings. The molecule has 0 aromatic heterocycles. The minimum atomic E-state index is -3.39. The van der Waals surface area contributed by atoms with Gasteiger partial charge in [0.2, 0.25) is 0 Å². The maximum atomic E-state index is 12.8. The lowest BCUT2D eigenvalue weighted by molar-refractivity contribution is 0.0627. The molecule has 1 rings (SSSR count). The van der Waals surface area contributed by atoms with Crippen molar-refractivity contribution >= 4 is 26.5 Å². The summed E-state index contributed by atoms with van der Waals surface area (Å²) in [4.78, 5) is 0.347. The van der Waals surface area contributed by atoms with Crippen LogP contribution < -0.4 is 0 Å². The molecule has 3 atom stereocenters. The minimum absolute atomic E-state index is 0.0389. The monoisotopic (exact) mass is 598 g/mol. The van der Waals surface area contributed by atoms with Gasteiger partial charge in [-0.15, -0.1) is 0 Å². The molecule has 5 nitrogen and oxygen atoms in total. The Morgan fingerprint density at radius 1 is 1.00 bits per heavy atom. The van der Waals surface area contributed by atoms with Crippen LogP contribution in [0.25, 0.3) is 0 Å². The van der Waals surface area contributed by atoms with E-state index in [2.05, 4.69) is 61.6 Å². The molecule has 0 aliphatic carbocycles. The Bertz CT molecular complexity index is 958. The topological polar surface area (TPSA) is 61.8 Å². The van der Waals surface area contributed by atoms with Gasteiger partial charge in [0.25, 0.3) is 0 Å². The summed E-state index contributed by atoms with van der Waals surface area (Å²) in [6.45, 7) is 23.3. The smallest absolute Gasteiger partial charge is 0.192 e. The van der Waals surface area contributed by atoms with E-state index in [1.807, 2.05) is 13.0 Å². The van der Waals surface area contributed by atoms with Crippen molar-refractivity contribution in [1.82, 2.24) is 0 Å². The van der Waals surface area contributed by atoms with Crippen molar-refractivity contribution in [1.29, 1.82) is 0 Å². The number of sulfone groups is 1. The molecule has 0 bridgehead atoms. The summed E-state index contributed by atoms with van der Waals surface area (Å²) in [6, 6.07) is 12.1. The van der Waals surface area contributed by atoms with E-state index in [0.29, 0.717) is 17.2 Å². The van der Waals surface area contributed by atoms with Crippen molar-refractivity contribution in [2.45, 2.75) is 128 Å². The Labute approximate surface area is 243 Å². The molecule has 0 unspecified atom stereocenters. The molecule has 0 spiro atoms. The maximum Gasteiger partial charge on any atom is 0.192 e. The summed E-state index contributed by atoms with van der Waals surface area (Å²) in [6.07, 6.45) is 4.33. The van der Waals surface area contributed by atoms with Crippen molar-refractivity contribution in [3.05, 3.63) is 42.0 Å². The van der Waals surface area contributed by atoms with Crippen LogP contribution >= 0.6 is 0 Å². The van der Waals surface area contributed by atoms with Crippen LogP contribution in [0.1, 0.15) is 74.7 Å².